The molecule has 0 saturated carbocycles. The summed E-state index contributed by atoms with van der Waals surface area (Å²) in [5.41, 5.74) is 1.42. The summed E-state index contributed by atoms with van der Waals surface area (Å²) < 4.78 is 22.5. The molecule has 1 aromatic carbocycles. The molecule has 0 aromatic heterocycles. The molecule has 0 heterocycles. The van der Waals surface area contributed by atoms with Crippen molar-refractivity contribution in [3.05, 3.63) is 49.8 Å². The molecular weight excluding hydrogens is 314 g/mol. The molecule has 0 N–H and O–H groups in total. The fourth-order valence-electron chi connectivity index (χ4n) is 1.29. The Balaban J connectivity index is -0.000000162. The molecule has 20 heavy (non-hydrogen) atoms. The number of benzene rings is 1. The SMILES string of the molecule is CSc1ccccc1[C@H](C)N(C)C.[C-]#[O+].[C-]#[O+].[C-]#[O+].[Cr]. The third-order valence-electron chi connectivity index (χ3n) is 2.36. The van der Waals surface area contributed by atoms with Gasteiger partial charge in [0, 0.05) is 28.3 Å². The zero-order chi connectivity index (χ0) is 15.8. The van der Waals surface area contributed by atoms with Crippen LogP contribution < -0.4 is 0 Å². The van der Waals surface area contributed by atoms with Crippen LogP contribution in [0, 0.1) is 20.0 Å². The van der Waals surface area contributed by atoms with Crippen LogP contribution in [0.25, 0.3) is 0 Å². The van der Waals surface area contributed by atoms with Gasteiger partial charge in [-0.15, -0.1) is 11.8 Å². The van der Waals surface area contributed by atoms with Crippen LogP contribution >= 0.6 is 11.8 Å². The molecule has 0 radical (unpaired) electrons. The zero-order valence-corrected chi connectivity index (χ0v) is 14.0. The predicted octanol–water partition coefficient (Wildman–Crippen LogP) is 2.92. The van der Waals surface area contributed by atoms with Gasteiger partial charge in [0.25, 0.3) is 0 Å². The predicted molar refractivity (Wildman–Crippen MR) is 72.1 cm³/mol. The van der Waals surface area contributed by atoms with E-state index in [9.17, 15) is 0 Å². The quantitative estimate of drug-likeness (QED) is 0.486. The van der Waals surface area contributed by atoms with Crippen molar-refractivity contribution in [1.29, 1.82) is 0 Å². The first-order chi connectivity index (χ1) is 9.16. The van der Waals surface area contributed by atoms with E-state index in [0.717, 1.165) is 0 Å². The van der Waals surface area contributed by atoms with Gasteiger partial charge >= 0.3 is 33.9 Å². The standard InChI is InChI=1S/C11H17NS.3CO.Cr/c1-9(12(2)3)10-7-5-6-8-11(10)13-4;3*1-2;/h5-9H,1-4H3;;;;/t9-;;;;/m0..../s1. The van der Waals surface area contributed by atoms with E-state index in [2.05, 4.69) is 76.4 Å². The Hall–Kier alpha value is -0.718. The van der Waals surface area contributed by atoms with Gasteiger partial charge in [-0.25, -0.2) is 0 Å². The van der Waals surface area contributed by atoms with Gasteiger partial charge in [0.15, 0.2) is 0 Å². The second kappa shape index (κ2) is 20.6. The molecule has 4 nitrogen and oxygen atoms in total. The molecule has 0 fully saturated rings. The summed E-state index contributed by atoms with van der Waals surface area (Å²) in [5.74, 6) is 0. The van der Waals surface area contributed by atoms with Crippen LogP contribution in [0.3, 0.4) is 0 Å². The molecule has 0 aliphatic rings. The fourth-order valence-corrected chi connectivity index (χ4v) is 1.98. The average Bonchev–Trinajstić information content (AvgIpc) is 2.52. The van der Waals surface area contributed by atoms with E-state index >= 15 is 0 Å². The van der Waals surface area contributed by atoms with E-state index in [-0.39, 0.29) is 17.4 Å². The second-order valence-corrected chi connectivity index (χ2v) is 4.23. The maximum Gasteiger partial charge on any atom is 0 e. The zero-order valence-electron chi connectivity index (χ0n) is 11.9. The summed E-state index contributed by atoms with van der Waals surface area (Å²) in [6.45, 7) is 15.7. The third kappa shape index (κ3) is 11.1. The fraction of sp³-hybridized carbons (Fsp3) is 0.357. The Kier molecular flexibility index (Phi) is 28.4. The van der Waals surface area contributed by atoms with E-state index in [4.69, 9.17) is 14.0 Å². The van der Waals surface area contributed by atoms with E-state index in [0.29, 0.717) is 6.04 Å². The Morgan fingerprint density at radius 2 is 1.40 bits per heavy atom. The van der Waals surface area contributed by atoms with Gasteiger partial charge in [-0.1, -0.05) is 18.2 Å². The van der Waals surface area contributed by atoms with E-state index in [1.54, 1.807) is 0 Å². The van der Waals surface area contributed by atoms with Crippen LogP contribution in [0.4, 0.5) is 0 Å². The summed E-state index contributed by atoms with van der Waals surface area (Å²) in [7, 11) is 4.23. The van der Waals surface area contributed by atoms with Crippen LogP contribution in [-0.4, -0.2) is 25.3 Å². The van der Waals surface area contributed by atoms with Gasteiger partial charge in [0.2, 0.25) is 0 Å². The molecule has 1 atom stereocenters. The third-order valence-corrected chi connectivity index (χ3v) is 3.18. The van der Waals surface area contributed by atoms with Crippen LogP contribution in [0.1, 0.15) is 18.5 Å². The second-order valence-electron chi connectivity index (χ2n) is 3.38. The van der Waals surface area contributed by atoms with Gasteiger partial charge in [0.05, 0.1) is 0 Å². The van der Waals surface area contributed by atoms with Crippen molar-refractivity contribution >= 4 is 11.8 Å². The Morgan fingerprint density at radius 1 is 1.00 bits per heavy atom. The van der Waals surface area contributed by atoms with Crippen LogP contribution in [0.5, 0.6) is 0 Å². The first-order valence-electron chi connectivity index (χ1n) is 5.07. The van der Waals surface area contributed by atoms with Gasteiger partial charge in [-0.05, 0) is 38.9 Å². The topological polar surface area (TPSA) is 62.9 Å². The molecule has 1 rings (SSSR count). The first kappa shape index (κ1) is 27.6. The van der Waals surface area contributed by atoms with Crippen molar-refractivity contribution < 1.29 is 31.3 Å². The molecule has 0 aliphatic heterocycles. The van der Waals surface area contributed by atoms with E-state index < -0.39 is 0 Å². The largest absolute Gasteiger partial charge is 0 e. The maximum atomic E-state index is 7.50. The smallest absolute Gasteiger partial charge is 0 e. The first-order valence-corrected chi connectivity index (χ1v) is 6.30. The minimum Gasteiger partial charge on any atom is 0 e. The van der Waals surface area contributed by atoms with Crippen molar-refractivity contribution in [2.45, 2.75) is 17.9 Å². The Morgan fingerprint density at radius 3 is 1.75 bits per heavy atom. The number of hydrogen-bond donors (Lipinski definition) is 0. The van der Waals surface area contributed by atoms with E-state index in [1.807, 2.05) is 11.8 Å². The molecular formula is C14H17CrNO3S. The van der Waals surface area contributed by atoms with Gasteiger partial charge in [0.1, 0.15) is 0 Å². The number of nitrogens with zero attached hydrogens (tertiary/aromatic N) is 1. The van der Waals surface area contributed by atoms with Crippen molar-refractivity contribution in [3.8, 4) is 0 Å². The summed E-state index contributed by atoms with van der Waals surface area (Å²) in [5, 5.41) is 0. The van der Waals surface area contributed by atoms with Crippen molar-refractivity contribution in [1.82, 2.24) is 4.90 Å². The van der Waals surface area contributed by atoms with Crippen molar-refractivity contribution in [3.63, 3.8) is 0 Å². The van der Waals surface area contributed by atoms with Crippen molar-refractivity contribution in [2.24, 2.45) is 0 Å². The molecule has 0 amide bonds. The number of rotatable bonds is 3. The molecule has 6 heteroatoms. The molecule has 0 unspecified atom stereocenters. The molecule has 0 saturated heterocycles. The van der Waals surface area contributed by atoms with Gasteiger partial charge in [-0.2, -0.15) is 0 Å². The summed E-state index contributed by atoms with van der Waals surface area (Å²) in [6.07, 6.45) is 2.13. The number of thioether (sulfide) groups is 1. The minimum absolute atomic E-state index is 0. The Labute approximate surface area is 136 Å². The normalized spacial score (nSPS) is 8.95. The molecule has 0 bridgehead atoms. The van der Waals surface area contributed by atoms with E-state index in [1.165, 1.54) is 10.5 Å². The Bertz CT molecular complexity index is 377. The van der Waals surface area contributed by atoms with Gasteiger partial charge in [-0.3, -0.25) is 0 Å². The minimum atomic E-state index is 0. The van der Waals surface area contributed by atoms with Gasteiger partial charge < -0.3 is 4.90 Å². The molecule has 108 valence electrons. The average molecular weight is 331 g/mol. The number of hydrogen-bond acceptors (Lipinski definition) is 2. The van der Waals surface area contributed by atoms with Crippen molar-refractivity contribution in [2.75, 3.05) is 20.4 Å². The summed E-state index contributed by atoms with van der Waals surface area (Å²) in [6, 6.07) is 9.08. The summed E-state index contributed by atoms with van der Waals surface area (Å²) >= 11 is 1.81. The summed E-state index contributed by atoms with van der Waals surface area (Å²) in [4.78, 5) is 3.61. The van der Waals surface area contributed by atoms with Crippen LogP contribution in [0.15, 0.2) is 29.2 Å². The van der Waals surface area contributed by atoms with Crippen LogP contribution in [-0.2, 0) is 31.3 Å². The maximum absolute atomic E-state index is 7.50. The monoisotopic (exact) mass is 331 g/mol. The molecule has 1 aromatic rings. The molecule has 0 aliphatic carbocycles. The molecule has 0 spiro atoms. The van der Waals surface area contributed by atoms with Crippen LogP contribution in [0.2, 0.25) is 0 Å².